The Morgan fingerprint density at radius 3 is 1.04 bits per heavy atom. The van der Waals surface area contributed by atoms with Crippen molar-refractivity contribution in [2.45, 2.75) is 399 Å². The Morgan fingerprint density at radius 1 is 0.389 bits per heavy atom. The van der Waals surface area contributed by atoms with E-state index in [0.29, 0.717) is 23.9 Å². The van der Waals surface area contributed by atoms with Crippen LogP contribution in [0.3, 0.4) is 0 Å². The summed E-state index contributed by atoms with van der Waals surface area (Å²) >= 11 is 0. The summed E-state index contributed by atoms with van der Waals surface area (Å²) in [6.45, 7) is 7.04. The first-order valence-corrected chi connectivity index (χ1v) is 40.6. The van der Waals surface area contributed by atoms with Gasteiger partial charge in [0.05, 0.1) is 33.8 Å². The van der Waals surface area contributed by atoms with E-state index in [-0.39, 0.29) is 25.1 Å². The first-order valence-electron chi connectivity index (χ1n) is 39.1. The summed E-state index contributed by atoms with van der Waals surface area (Å²) in [5.41, 5.74) is 0. The van der Waals surface area contributed by atoms with Gasteiger partial charge in [0.1, 0.15) is 19.3 Å². The van der Waals surface area contributed by atoms with Gasteiger partial charge in [0.15, 0.2) is 0 Å². The number of carbonyl (C=O) groups excluding carboxylic acids is 2. The Kier molecular flexibility index (Phi) is 67.8. The van der Waals surface area contributed by atoms with Crippen molar-refractivity contribution in [1.82, 2.24) is 5.32 Å². The van der Waals surface area contributed by atoms with Crippen molar-refractivity contribution in [3.05, 3.63) is 60.8 Å². The number of hydrogen-bond donors (Lipinski definition) is 2. The summed E-state index contributed by atoms with van der Waals surface area (Å²) in [5, 5.41) is 3.08. The third-order valence-corrected chi connectivity index (χ3v) is 18.7. The number of phosphoric acid groups is 1. The number of hydrogen-bond acceptors (Lipinski definition) is 6. The largest absolute Gasteiger partial charge is 0.472 e. The monoisotopic (exact) mass is 1280 g/mol. The number of unbranched alkanes of at least 4 members (excludes halogenated alkanes) is 48. The van der Waals surface area contributed by atoms with E-state index in [0.717, 1.165) is 70.6 Å². The van der Waals surface area contributed by atoms with E-state index >= 15 is 0 Å². The Hall–Kier alpha value is -2.29. The molecule has 0 aliphatic rings. The van der Waals surface area contributed by atoms with Crippen LogP contribution in [0.1, 0.15) is 387 Å². The molecular formula is C80H152N2O7P+. The lowest BCUT2D eigenvalue weighted by Gasteiger charge is -2.27. The molecule has 1 amide bonds. The van der Waals surface area contributed by atoms with Crippen LogP contribution < -0.4 is 5.32 Å². The summed E-state index contributed by atoms with van der Waals surface area (Å²) in [6, 6.07) is -0.850. The second-order valence-corrected chi connectivity index (χ2v) is 29.3. The molecule has 0 radical (unpaired) electrons. The first-order chi connectivity index (χ1) is 43.9. The van der Waals surface area contributed by atoms with Crippen LogP contribution in [0.2, 0.25) is 0 Å². The van der Waals surface area contributed by atoms with Gasteiger partial charge in [0.2, 0.25) is 5.91 Å². The van der Waals surface area contributed by atoms with E-state index in [9.17, 15) is 19.0 Å². The van der Waals surface area contributed by atoms with Crippen molar-refractivity contribution in [1.29, 1.82) is 0 Å². The van der Waals surface area contributed by atoms with Crippen LogP contribution in [0.5, 0.6) is 0 Å². The quantitative estimate of drug-likeness (QED) is 0.0205. The van der Waals surface area contributed by atoms with Crippen LogP contribution in [0.15, 0.2) is 60.8 Å². The average molecular weight is 1290 g/mol. The van der Waals surface area contributed by atoms with Crippen molar-refractivity contribution in [3.63, 3.8) is 0 Å². The number of allylic oxidation sites excluding steroid dienone is 9. The maximum absolute atomic E-state index is 13.7. The molecule has 0 fully saturated rings. The number of amides is 1. The maximum Gasteiger partial charge on any atom is 0.472 e. The molecule has 528 valence electrons. The van der Waals surface area contributed by atoms with Gasteiger partial charge in [0, 0.05) is 12.8 Å². The van der Waals surface area contributed by atoms with Crippen LogP contribution in [-0.2, 0) is 27.9 Å². The molecule has 9 nitrogen and oxygen atoms in total. The van der Waals surface area contributed by atoms with Crippen LogP contribution in [0.4, 0.5) is 0 Å². The van der Waals surface area contributed by atoms with Crippen LogP contribution in [0, 0.1) is 0 Å². The number of carbonyl (C=O) groups is 2. The van der Waals surface area contributed by atoms with Gasteiger partial charge in [-0.2, -0.15) is 0 Å². The molecule has 90 heavy (non-hydrogen) atoms. The molecule has 3 unspecified atom stereocenters. The minimum atomic E-state index is -4.46. The Labute approximate surface area is 560 Å². The lowest BCUT2D eigenvalue weighted by Crippen LogP contribution is -2.47. The van der Waals surface area contributed by atoms with Gasteiger partial charge in [-0.1, -0.05) is 339 Å². The predicted octanol–water partition coefficient (Wildman–Crippen LogP) is 25.3. The SMILES string of the molecule is CCCCC/C=C\C/C=C\C/C=C\CCCCCCCCCCCCCCC(=O)OC(/C=C/CCCCCCCCCCCC)C(COP(=O)(O)OCC[N+](C)(C)C)NC(=O)CCCCCCCCCCCCCCCCCCC/C=C/CCCCCCCC. The van der Waals surface area contributed by atoms with E-state index < -0.39 is 20.0 Å². The molecule has 0 aromatic carbocycles. The predicted molar refractivity (Wildman–Crippen MR) is 392 cm³/mol. The Balaban J connectivity index is 4.93. The zero-order chi connectivity index (χ0) is 65.6. The molecule has 3 atom stereocenters. The molecule has 0 aliphatic carbocycles. The van der Waals surface area contributed by atoms with Gasteiger partial charge in [0.25, 0.3) is 0 Å². The molecule has 0 spiro atoms. The van der Waals surface area contributed by atoms with E-state index in [1.54, 1.807) is 0 Å². The van der Waals surface area contributed by atoms with Crippen LogP contribution in [0.25, 0.3) is 0 Å². The second-order valence-electron chi connectivity index (χ2n) is 27.9. The third kappa shape index (κ3) is 70.0. The van der Waals surface area contributed by atoms with E-state index in [4.69, 9.17) is 13.8 Å². The van der Waals surface area contributed by atoms with Crippen molar-refractivity contribution in [2.75, 3.05) is 40.9 Å². The minimum absolute atomic E-state index is 0.0411. The minimum Gasteiger partial charge on any atom is -0.456 e. The van der Waals surface area contributed by atoms with Crippen molar-refractivity contribution in [3.8, 4) is 0 Å². The fourth-order valence-electron chi connectivity index (χ4n) is 11.7. The summed E-state index contributed by atoms with van der Waals surface area (Å²) in [5.74, 6) is -0.489. The summed E-state index contributed by atoms with van der Waals surface area (Å²) in [6.07, 6.45) is 91.1. The second kappa shape index (κ2) is 69.5. The van der Waals surface area contributed by atoms with E-state index in [1.165, 1.54) is 283 Å². The maximum atomic E-state index is 13.7. The average Bonchev–Trinajstić information content (AvgIpc) is 3.11. The highest BCUT2D eigenvalue weighted by Gasteiger charge is 2.30. The third-order valence-electron chi connectivity index (χ3n) is 17.7. The number of quaternary nitrogens is 1. The number of nitrogens with one attached hydrogen (secondary N) is 1. The number of ether oxygens (including phenoxy) is 1. The van der Waals surface area contributed by atoms with Crippen molar-refractivity contribution < 1.29 is 37.3 Å². The van der Waals surface area contributed by atoms with Crippen LogP contribution in [-0.4, -0.2) is 74.3 Å². The lowest BCUT2D eigenvalue weighted by molar-refractivity contribution is -0.870. The first kappa shape index (κ1) is 87.7. The summed E-state index contributed by atoms with van der Waals surface area (Å²) in [7, 11) is 1.51. The number of phosphoric ester groups is 1. The van der Waals surface area contributed by atoms with Gasteiger partial charge in [-0.3, -0.25) is 18.6 Å². The van der Waals surface area contributed by atoms with Crippen molar-refractivity contribution >= 4 is 19.7 Å². The molecule has 0 saturated carbocycles. The standard InChI is InChI=1S/C80H151N2O7P/c1-7-10-13-16-19-22-25-28-30-32-34-36-38-40-41-43-44-46-48-50-52-54-57-60-63-66-69-72-79(83)81-77(76-88-90(85,86)87-75-74-82(4,5)6)78(71-68-65-62-59-56-27-24-21-18-15-12-9-3)89-80(84)73-70-67-64-61-58-55-53-51-49-47-45-42-39-37-35-33-31-29-26-23-20-17-14-11-8-2/h20,23,28-31,35,37,68,71,77-78H,7-19,21-22,24-27,32-34,36,38-67,69-70,72-76H2,1-6H3,(H-,81,83,85,86)/p+1/b23-20-,30-28+,31-29-,37-35-,71-68+. The highest BCUT2D eigenvalue weighted by molar-refractivity contribution is 7.47. The fourth-order valence-corrected chi connectivity index (χ4v) is 12.4. The Morgan fingerprint density at radius 2 is 0.678 bits per heavy atom. The molecule has 0 aromatic rings. The molecular weight excluding hydrogens is 1130 g/mol. The zero-order valence-corrected chi connectivity index (χ0v) is 61.5. The van der Waals surface area contributed by atoms with Gasteiger partial charge < -0.3 is 19.4 Å². The highest BCUT2D eigenvalue weighted by Crippen LogP contribution is 2.43. The lowest BCUT2D eigenvalue weighted by atomic mass is 10.0. The molecule has 0 heterocycles. The van der Waals surface area contributed by atoms with Crippen molar-refractivity contribution in [2.24, 2.45) is 0 Å². The highest BCUT2D eigenvalue weighted by atomic mass is 31.2. The Bertz CT molecular complexity index is 1720. The smallest absolute Gasteiger partial charge is 0.456 e. The van der Waals surface area contributed by atoms with Crippen LogP contribution >= 0.6 is 7.82 Å². The van der Waals surface area contributed by atoms with E-state index in [2.05, 4.69) is 80.8 Å². The van der Waals surface area contributed by atoms with Gasteiger partial charge in [-0.25, -0.2) is 4.57 Å². The molecule has 0 aliphatic heterocycles. The summed E-state index contributed by atoms with van der Waals surface area (Å²) < 4.78 is 30.9. The number of rotatable bonds is 72. The number of esters is 1. The van der Waals surface area contributed by atoms with Gasteiger partial charge in [-0.15, -0.1) is 0 Å². The number of nitrogens with zero attached hydrogens (tertiary/aromatic N) is 1. The normalized spacial score (nSPS) is 13.7. The number of likely N-dealkylation sites (N-methyl/N-ethyl adjacent to an activating group) is 1. The molecule has 10 heteroatoms. The van der Waals surface area contributed by atoms with Gasteiger partial charge in [-0.05, 0) is 96.0 Å². The van der Waals surface area contributed by atoms with E-state index in [1.807, 2.05) is 27.2 Å². The fraction of sp³-hybridized carbons (Fsp3) is 0.850. The molecule has 0 aromatic heterocycles. The van der Waals surface area contributed by atoms with Gasteiger partial charge >= 0.3 is 13.8 Å². The zero-order valence-electron chi connectivity index (χ0n) is 60.6. The molecule has 2 N–H and O–H groups in total. The topological polar surface area (TPSA) is 111 Å². The molecule has 0 bridgehead atoms. The summed E-state index contributed by atoms with van der Waals surface area (Å²) in [4.78, 5) is 38.0. The molecule has 0 saturated heterocycles. The molecule has 0 rings (SSSR count).